The predicted octanol–water partition coefficient (Wildman–Crippen LogP) is 4.34. The molecule has 0 atom stereocenters. The number of rotatable bonds is 3. The third-order valence-corrected chi connectivity index (χ3v) is 4.64. The molecule has 27 heavy (non-hydrogen) atoms. The number of fused-ring (bicyclic) bond motifs is 2. The van der Waals surface area contributed by atoms with Gasteiger partial charge in [-0.15, -0.1) is 0 Å². The van der Waals surface area contributed by atoms with Crippen LogP contribution in [-0.2, 0) is 0 Å². The number of anilines is 2. The van der Waals surface area contributed by atoms with Crippen molar-refractivity contribution in [3.05, 3.63) is 59.5 Å². The van der Waals surface area contributed by atoms with Gasteiger partial charge in [0.05, 0.1) is 6.20 Å². The fourth-order valence-corrected chi connectivity index (χ4v) is 3.32. The lowest BCUT2D eigenvalue weighted by Crippen LogP contribution is -1.97. The predicted molar refractivity (Wildman–Crippen MR) is 104 cm³/mol. The number of nitrogens with one attached hydrogen (secondary N) is 1. The quantitative estimate of drug-likeness (QED) is 0.509. The average Bonchev–Trinajstić information content (AvgIpc) is 3.26. The summed E-state index contributed by atoms with van der Waals surface area (Å²) in [6.07, 6.45) is 3.52. The SMILES string of the molecule is Oc1cccc(-c2nc3cnc(Br)cn3c2Nc2ccc3c(c2)OCO3)c1. The standard InChI is InChI=1S/C19H13BrN4O3/c20-16-9-24-17(8-21-16)23-18(11-2-1-3-13(25)6-11)19(24)22-12-4-5-14-15(7-12)27-10-26-14/h1-9,22,25H,10H2. The minimum atomic E-state index is 0.179. The second-order valence-corrected chi connectivity index (χ2v) is 6.80. The second-order valence-electron chi connectivity index (χ2n) is 5.99. The van der Waals surface area contributed by atoms with Crippen molar-refractivity contribution < 1.29 is 14.6 Å². The Morgan fingerprint density at radius 3 is 2.89 bits per heavy atom. The number of ether oxygens (including phenoxy) is 2. The highest BCUT2D eigenvalue weighted by Crippen LogP contribution is 2.37. The molecule has 0 aliphatic carbocycles. The van der Waals surface area contributed by atoms with Gasteiger partial charge < -0.3 is 19.9 Å². The molecule has 0 unspecified atom stereocenters. The Morgan fingerprint density at radius 2 is 2.00 bits per heavy atom. The molecule has 8 heteroatoms. The van der Waals surface area contributed by atoms with Crippen molar-refractivity contribution in [2.75, 3.05) is 12.1 Å². The molecule has 0 radical (unpaired) electrons. The van der Waals surface area contributed by atoms with E-state index in [1.807, 2.05) is 34.9 Å². The second kappa shape index (κ2) is 6.17. The van der Waals surface area contributed by atoms with Gasteiger partial charge in [-0.25, -0.2) is 9.97 Å². The summed E-state index contributed by atoms with van der Waals surface area (Å²) < 4.78 is 13.4. The zero-order valence-corrected chi connectivity index (χ0v) is 15.5. The van der Waals surface area contributed by atoms with E-state index >= 15 is 0 Å². The van der Waals surface area contributed by atoms with Gasteiger partial charge in [0.25, 0.3) is 0 Å². The summed E-state index contributed by atoms with van der Waals surface area (Å²) in [6, 6.07) is 12.6. The van der Waals surface area contributed by atoms with Crippen LogP contribution in [-0.4, -0.2) is 26.3 Å². The molecule has 134 valence electrons. The third kappa shape index (κ3) is 2.83. The number of imidazole rings is 1. The third-order valence-electron chi connectivity index (χ3n) is 4.23. The van der Waals surface area contributed by atoms with E-state index in [2.05, 4.69) is 31.2 Å². The molecule has 0 spiro atoms. The smallest absolute Gasteiger partial charge is 0.231 e. The molecule has 2 aromatic carbocycles. The first-order valence-corrected chi connectivity index (χ1v) is 8.96. The average molecular weight is 425 g/mol. The Bertz CT molecular complexity index is 1180. The molecule has 0 amide bonds. The van der Waals surface area contributed by atoms with Crippen molar-refractivity contribution >= 4 is 33.1 Å². The summed E-state index contributed by atoms with van der Waals surface area (Å²) in [5.41, 5.74) is 3.00. The molecule has 5 rings (SSSR count). The first-order chi connectivity index (χ1) is 13.2. The number of phenolic OH excluding ortho intramolecular Hbond substituents is 1. The monoisotopic (exact) mass is 424 g/mol. The molecule has 4 aromatic rings. The number of halogens is 1. The Hall–Kier alpha value is -3.26. The van der Waals surface area contributed by atoms with Gasteiger partial charge in [0.15, 0.2) is 17.1 Å². The summed E-state index contributed by atoms with van der Waals surface area (Å²) in [4.78, 5) is 8.93. The number of benzene rings is 2. The fourth-order valence-electron chi connectivity index (χ4n) is 3.02. The first kappa shape index (κ1) is 16.0. The van der Waals surface area contributed by atoms with E-state index < -0.39 is 0 Å². The summed E-state index contributed by atoms with van der Waals surface area (Å²) in [6.45, 7) is 0.224. The van der Waals surface area contributed by atoms with E-state index in [1.54, 1.807) is 24.4 Å². The first-order valence-electron chi connectivity index (χ1n) is 8.17. The maximum absolute atomic E-state index is 9.87. The van der Waals surface area contributed by atoms with Crippen LogP contribution in [0, 0.1) is 0 Å². The highest BCUT2D eigenvalue weighted by Gasteiger charge is 2.18. The van der Waals surface area contributed by atoms with Crippen LogP contribution in [0.2, 0.25) is 0 Å². The fraction of sp³-hybridized carbons (Fsp3) is 0.0526. The number of aromatic nitrogens is 3. The van der Waals surface area contributed by atoms with Crippen molar-refractivity contribution in [3.8, 4) is 28.5 Å². The molecule has 3 heterocycles. The minimum absolute atomic E-state index is 0.179. The Labute approximate surface area is 162 Å². The van der Waals surface area contributed by atoms with Crippen molar-refractivity contribution in [2.24, 2.45) is 0 Å². The molecule has 0 saturated heterocycles. The van der Waals surface area contributed by atoms with Crippen LogP contribution < -0.4 is 14.8 Å². The Balaban J connectivity index is 1.67. The summed E-state index contributed by atoms with van der Waals surface area (Å²) in [5, 5.41) is 13.3. The van der Waals surface area contributed by atoms with Gasteiger partial charge >= 0.3 is 0 Å². The molecule has 0 fully saturated rings. The van der Waals surface area contributed by atoms with Gasteiger partial charge in [-0.1, -0.05) is 12.1 Å². The van der Waals surface area contributed by atoms with E-state index in [0.29, 0.717) is 21.7 Å². The summed E-state index contributed by atoms with van der Waals surface area (Å²) in [7, 11) is 0. The van der Waals surface area contributed by atoms with E-state index in [4.69, 9.17) is 9.47 Å². The molecular formula is C19H13BrN4O3. The molecule has 0 bridgehead atoms. The maximum Gasteiger partial charge on any atom is 0.231 e. The van der Waals surface area contributed by atoms with E-state index in [1.165, 1.54) is 0 Å². The van der Waals surface area contributed by atoms with Crippen molar-refractivity contribution in [1.29, 1.82) is 0 Å². The van der Waals surface area contributed by atoms with Crippen LogP contribution in [0.5, 0.6) is 17.2 Å². The Morgan fingerprint density at radius 1 is 1.11 bits per heavy atom. The van der Waals surface area contributed by atoms with Crippen molar-refractivity contribution in [3.63, 3.8) is 0 Å². The molecule has 1 aliphatic rings. The van der Waals surface area contributed by atoms with Gasteiger partial charge in [-0.3, -0.25) is 4.40 Å². The lowest BCUT2D eigenvalue weighted by atomic mass is 10.1. The van der Waals surface area contributed by atoms with E-state index in [-0.39, 0.29) is 12.5 Å². The molecule has 2 N–H and O–H groups in total. The van der Waals surface area contributed by atoms with E-state index in [9.17, 15) is 5.11 Å². The molecule has 7 nitrogen and oxygen atoms in total. The van der Waals surface area contributed by atoms with Gasteiger partial charge in [0, 0.05) is 23.5 Å². The normalized spacial score (nSPS) is 12.5. The molecule has 2 aromatic heterocycles. The topological polar surface area (TPSA) is 80.9 Å². The van der Waals surface area contributed by atoms with Crippen molar-refractivity contribution in [2.45, 2.75) is 0 Å². The van der Waals surface area contributed by atoms with Gasteiger partial charge in [0.2, 0.25) is 6.79 Å². The highest BCUT2D eigenvalue weighted by atomic mass is 79.9. The Kier molecular flexibility index (Phi) is 3.64. The van der Waals surface area contributed by atoms with Crippen molar-refractivity contribution in [1.82, 2.24) is 14.4 Å². The number of hydrogen-bond acceptors (Lipinski definition) is 6. The molecular weight excluding hydrogens is 412 g/mol. The highest BCUT2D eigenvalue weighted by molar-refractivity contribution is 9.10. The zero-order valence-electron chi connectivity index (χ0n) is 13.9. The van der Waals surface area contributed by atoms with Gasteiger partial charge in [-0.05, 0) is 40.2 Å². The molecule has 0 saturated carbocycles. The zero-order chi connectivity index (χ0) is 18.4. The lowest BCUT2D eigenvalue weighted by molar-refractivity contribution is 0.174. The number of hydrogen-bond donors (Lipinski definition) is 2. The van der Waals surface area contributed by atoms with Crippen LogP contribution in [0.25, 0.3) is 16.9 Å². The lowest BCUT2D eigenvalue weighted by Gasteiger charge is -2.10. The van der Waals surface area contributed by atoms with Gasteiger partial charge in [0.1, 0.15) is 21.9 Å². The van der Waals surface area contributed by atoms with Crippen LogP contribution in [0.4, 0.5) is 11.5 Å². The summed E-state index contributed by atoms with van der Waals surface area (Å²) >= 11 is 3.41. The maximum atomic E-state index is 9.87. The number of aromatic hydroxyl groups is 1. The van der Waals surface area contributed by atoms with E-state index in [0.717, 1.165) is 22.8 Å². The van der Waals surface area contributed by atoms with Crippen LogP contribution in [0.1, 0.15) is 0 Å². The largest absolute Gasteiger partial charge is 0.508 e. The van der Waals surface area contributed by atoms with Crippen LogP contribution in [0.3, 0.4) is 0 Å². The van der Waals surface area contributed by atoms with Crippen LogP contribution >= 0.6 is 15.9 Å². The summed E-state index contributed by atoms with van der Waals surface area (Å²) in [5.74, 6) is 2.34. The number of phenols is 1. The minimum Gasteiger partial charge on any atom is -0.508 e. The molecule has 1 aliphatic heterocycles. The number of nitrogens with zero attached hydrogens (tertiary/aromatic N) is 3. The van der Waals surface area contributed by atoms with Gasteiger partial charge in [-0.2, -0.15) is 0 Å². The van der Waals surface area contributed by atoms with Crippen LogP contribution in [0.15, 0.2) is 59.5 Å².